The van der Waals surface area contributed by atoms with Gasteiger partial charge in [0.25, 0.3) is 0 Å². The van der Waals surface area contributed by atoms with Crippen LogP contribution in [0.5, 0.6) is 0 Å². The number of carbonyl (C=O) groups excluding carboxylic acids is 2. The molecular weight excluding hydrogens is 508 g/mol. The van der Waals surface area contributed by atoms with Crippen molar-refractivity contribution in [1.29, 1.82) is 0 Å². The van der Waals surface area contributed by atoms with E-state index in [-0.39, 0.29) is 24.0 Å². The van der Waals surface area contributed by atoms with E-state index in [4.69, 9.17) is 27.9 Å². The lowest BCUT2D eigenvalue weighted by atomic mass is 9.98. The van der Waals surface area contributed by atoms with Gasteiger partial charge in [-0.3, -0.25) is 4.79 Å². The smallest absolute Gasteiger partial charge is 0.407 e. The summed E-state index contributed by atoms with van der Waals surface area (Å²) in [4.78, 5) is 24.8. The normalized spacial score (nSPS) is 17.6. The second-order valence-corrected chi connectivity index (χ2v) is 11.3. The fourth-order valence-corrected chi connectivity index (χ4v) is 7.66. The highest BCUT2D eigenvalue weighted by molar-refractivity contribution is 8.29. The summed E-state index contributed by atoms with van der Waals surface area (Å²) in [6, 6.07) is 20.1. The Hall–Kier alpha value is -3.06. The summed E-state index contributed by atoms with van der Waals surface area (Å²) < 4.78 is 19.7. The van der Waals surface area contributed by atoms with Crippen LogP contribution in [0.2, 0.25) is 0 Å². The van der Waals surface area contributed by atoms with E-state index < -0.39 is 22.8 Å². The van der Waals surface area contributed by atoms with Gasteiger partial charge < -0.3 is 10.1 Å². The molecule has 3 aromatic rings. The number of thiol groups is 1. The molecule has 1 atom stereocenters. The Labute approximate surface area is 214 Å². The minimum absolute atomic E-state index is 0.0481. The maximum absolute atomic E-state index is 13.6. The number of hydrogen-bond donors (Lipinski definition) is 2. The van der Waals surface area contributed by atoms with Gasteiger partial charge in [-0.15, -0.1) is 0 Å². The molecule has 0 saturated heterocycles. The highest BCUT2D eigenvalue weighted by Gasteiger charge is 2.30. The third-order valence-electron chi connectivity index (χ3n) is 6.12. The zero-order valence-corrected chi connectivity index (χ0v) is 20.7. The van der Waals surface area contributed by atoms with E-state index in [0.29, 0.717) is 26.2 Å². The molecule has 0 bridgehead atoms. The van der Waals surface area contributed by atoms with Crippen molar-refractivity contribution in [2.45, 2.75) is 5.92 Å². The van der Waals surface area contributed by atoms with Crippen molar-refractivity contribution in [2.75, 3.05) is 12.5 Å². The average molecular weight is 528 g/mol. The van der Waals surface area contributed by atoms with E-state index in [9.17, 15) is 14.0 Å². The number of hydrogen-bond acceptors (Lipinski definition) is 3. The second kappa shape index (κ2) is 9.90. The van der Waals surface area contributed by atoms with Gasteiger partial charge in [0.1, 0.15) is 12.4 Å². The minimum atomic E-state index is -1.27. The van der Waals surface area contributed by atoms with Crippen LogP contribution in [0.15, 0.2) is 82.2 Å². The van der Waals surface area contributed by atoms with Crippen molar-refractivity contribution < 1.29 is 18.7 Å². The van der Waals surface area contributed by atoms with Crippen LogP contribution in [0.1, 0.15) is 33.0 Å². The minimum Gasteiger partial charge on any atom is -0.449 e. The fraction of sp³-hybridized carbons (Fsp3) is 0.111. The molecule has 1 unspecified atom stereocenters. The summed E-state index contributed by atoms with van der Waals surface area (Å²) in [5.74, 6) is -0.401. The summed E-state index contributed by atoms with van der Waals surface area (Å²) in [6.07, 6.45) is 1.60. The molecule has 1 amide bonds. The van der Waals surface area contributed by atoms with Gasteiger partial charge in [-0.2, -0.15) is 10.9 Å². The number of rotatable bonds is 6. The third kappa shape index (κ3) is 4.49. The number of ether oxygens (including phenoxy) is 1. The average Bonchev–Trinajstić information content (AvgIpc) is 3.34. The van der Waals surface area contributed by atoms with Crippen LogP contribution in [0, 0.1) is 5.82 Å². The van der Waals surface area contributed by atoms with Crippen LogP contribution < -0.4 is 5.32 Å². The van der Waals surface area contributed by atoms with Crippen LogP contribution in [0.25, 0.3) is 16.0 Å². The number of fused-ring (bicyclic) bond motifs is 3. The Morgan fingerprint density at radius 1 is 1.00 bits per heavy atom. The quantitative estimate of drug-likeness (QED) is 0.264. The van der Waals surface area contributed by atoms with E-state index in [1.807, 2.05) is 24.3 Å². The molecule has 0 fully saturated rings. The Bertz CT molecular complexity index is 1360. The lowest BCUT2D eigenvalue weighted by Gasteiger charge is -2.23. The molecule has 8 heteroatoms. The number of benzene rings is 3. The Morgan fingerprint density at radius 3 is 2.31 bits per heavy atom. The van der Waals surface area contributed by atoms with Crippen molar-refractivity contribution in [1.82, 2.24) is 5.32 Å². The van der Waals surface area contributed by atoms with Crippen molar-refractivity contribution in [3.8, 4) is 11.1 Å². The van der Waals surface area contributed by atoms with Crippen molar-refractivity contribution >= 4 is 51.4 Å². The van der Waals surface area contributed by atoms with Crippen LogP contribution in [-0.4, -0.2) is 24.9 Å². The van der Waals surface area contributed by atoms with Gasteiger partial charge in [-0.05, 0) is 46.0 Å². The Kier molecular flexibility index (Phi) is 6.69. The summed E-state index contributed by atoms with van der Waals surface area (Å²) in [6.45, 7) is 0.193. The van der Waals surface area contributed by atoms with E-state index in [1.165, 1.54) is 12.1 Å². The summed E-state index contributed by atoms with van der Waals surface area (Å²) in [7, 11) is -1.27. The van der Waals surface area contributed by atoms with E-state index >= 15 is 0 Å². The number of halogens is 3. The molecule has 0 aromatic heterocycles. The zero-order chi connectivity index (χ0) is 24.5. The van der Waals surface area contributed by atoms with E-state index in [0.717, 1.165) is 28.3 Å². The molecule has 35 heavy (non-hydrogen) atoms. The molecule has 0 spiro atoms. The number of alkyl carbamates (subject to hydrolysis) is 1. The van der Waals surface area contributed by atoms with Crippen molar-refractivity contribution in [3.63, 3.8) is 0 Å². The van der Waals surface area contributed by atoms with Gasteiger partial charge in [-0.1, -0.05) is 77.8 Å². The summed E-state index contributed by atoms with van der Waals surface area (Å²) >= 11 is 12.8. The lowest BCUT2D eigenvalue weighted by molar-refractivity contribution is 0.112. The molecule has 1 aliphatic carbocycles. The first-order valence-corrected chi connectivity index (χ1v) is 13.1. The predicted molar refractivity (Wildman–Crippen MR) is 141 cm³/mol. The van der Waals surface area contributed by atoms with Crippen LogP contribution in [0.3, 0.4) is 0 Å². The molecule has 4 nitrogen and oxygen atoms in total. The number of aldehydes is 1. The number of carbonyl (C=O) groups is 2. The number of allylic oxidation sites excluding steroid dienone is 2. The molecule has 2 aliphatic rings. The predicted octanol–water partition coefficient (Wildman–Crippen LogP) is 7.14. The van der Waals surface area contributed by atoms with Crippen LogP contribution >= 0.6 is 34.1 Å². The molecule has 5 rings (SSSR count). The molecule has 178 valence electrons. The number of nitrogens with one attached hydrogen (secondary N) is 1. The maximum Gasteiger partial charge on any atom is 0.407 e. The van der Waals surface area contributed by atoms with Gasteiger partial charge in [-0.25, -0.2) is 9.18 Å². The monoisotopic (exact) mass is 527 g/mol. The SMILES string of the molecule is O=Cc1cc(F)ccc1C1=C(Cl)C=C(Cl)[SH]1CNC(=O)OCC1c2ccccc2-c2ccccc21. The molecular formula is C27H20Cl2FNO3S. The van der Waals surface area contributed by atoms with Gasteiger partial charge in [0, 0.05) is 16.4 Å². The molecule has 3 aromatic carbocycles. The van der Waals surface area contributed by atoms with E-state index in [2.05, 4.69) is 29.6 Å². The maximum atomic E-state index is 13.6. The van der Waals surface area contributed by atoms with Gasteiger partial charge in [0.2, 0.25) is 0 Å². The highest BCUT2D eigenvalue weighted by atomic mass is 35.5. The first kappa shape index (κ1) is 23.7. The first-order valence-electron chi connectivity index (χ1n) is 10.9. The summed E-state index contributed by atoms with van der Waals surface area (Å²) in [5.41, 5.74) is 5.23. The molecule has 0 saturated carbocycles. The second-order valence-electron chi connectivity index (χ2n) is 8.10. The summed E-state index contributed by atoms with van der Waals surface area (Å²) in [5, 5.41) is 3.15. The van der Waals surface area contributed by atoms with Crippen LogP contribution in [0.4, 0.5) is 9.18 Å². The standard InChI is InChI=1S/C27H20Cl2FNO3S/c28-24-12-25(29)35(26(24)18-10-9-17(30)11-16(18)13-32)15-31-27(33)34-14-23-21-7-3-1-5-19(21)20-6-2-4-8-22(20)23/h1-13,23,35H,14-15H2,(H,31,33). The topological polar surface area (TPSA) is 55.4 Å². The van der Waals surface area contributed by atoms with E-state index in [1.54, 1.807) is 6.08 Å². The zero-order valence-electron chi connectivity index (χ0n) is 18.3. The van der Waals surface area contributed by atoms with Gasteiger partial charge in [0.05, 0.1) is 15.3 Å². The van der Waals surface area contributed by atoms with Crippen molar-refractivity contribution in [2.24, 2.45) is 0 Å². The van der Waals surface area contributed by atoms with Crippen LogP contribution in [-0.2, 0) is 4.74 Å². The first-order chi connectivity index (χ1) is 17.0. The third-order valence-corrected chi connectivity index (χ3v) is 9.41. The Morgan fingerprint density at radius 2 is 1.66 bits per heavy atom. The lowest BCUT2D eigenvalue weighted by Crippen LogP contribution is -2.27. The highest BCUT2D eigenvalue weighted by Crippen LogP contribution is 2.57. The van der Waals surface area contributed by atoms with Crippen molar-refractivity contribution in [3.05, 3.63) is 110 Å². The molecule has 1 heterocycles. The van der Waals surface area contributed by atoms with Gasteiger partial charge in [0.15, 0.2) is 6.29 Å². The molecule has 1 aliphatic heterocycles. The number of amides is 1. The molecule has 0 radical (unpaired) electrons. The fourth-order valence-electron chi connectivity index (χ4n) is 4.56. The largest absolute Gasteiger partial charge is 0.449 e. The molecule has 1 N–H and O–H groups in total. The Balaban J connectivity index is 1.28. The van der Waals surface area contributed by atoms with Gasteiger partial charge >= 0.3 is 6.09 Å².